The lowest BCUT2D eigenvalue weighted by molar-refractivity contribution is 0.292. The van der Waals surface area contributed by atoms with Crippen LogP contribution >= 0.6 is 0 Å². The first-order valence-electron chi connectivity index (χ1n) is 8.19. The number of nitrogens with zero attached hydrogens (tertiary/aromatic N) is 5. The van der Waals surface area contributed by atoms with Crippen LogP contribution in [0.15, 0.2) is 55.0 Å². The minimum absolute atomic E-state index is 0.827. The molecule has 2 heterocycles. The number of aromatic nitrogens is 4. The van der Waals surface area contributed by atoms with Crippen LogP contribution in [-0.2, 0) is 6.54 Å². The van der Waals surface area contributed by atoms with Crippen LogP contribution < -0.4 is 5.32 Å². The van der Waals surface area contributed by atoms with Crippen LogP contribution in [0.4, 0.5) is 11.4 Å². The summed E-state index contributed by atoms with van der Waals surface area (Å²) < 4.78 is 1.81. The molecule has 124 valence electrons. The zero-order chi connectivity index (χ0) is 16.8. The van der Waals surface area contributed by atoms with E-state index in [0.29, 0.717) is 0 Å². The molecule has 0 aliphatic heterocycles. The smallest absolute Gasteiger partial charge is 0.0971 e. The van der Waals surface area contributed by atoms with E-state index in [2.05, 4.69) is 39.4 Å². The highest BCUT2D eigenvalue weighted by Crippen LogP contribution is 2.17. The first-order chi connectivity index (χ1) is 11.8. The standard InChI is InChI=1S/C18H22N6/c1-3-23(4-2)13-17-14-24(22-21-17)18-9-7-15(8-10-18)20-16-6-5-11-19-12-16/h5-12,14,20H,3-4,13H2,1-2H3. The Morgan fingerprint density at radius 1 is 1.04 bits per heavy atom. The molecule has 0 aliphatic rings. The van der Waals surface area contributed by atoms with Crippen LogP contribution in [0.25, 0.3) is 5.69 Å². The Morgan fingerprint density at radius 2 is 1.83 bits per heavy atom. The molecule has 0 saturated carbocycles. The van der Waals surface area contributed by atoms with Crippen molar-refractivity contribution in [1.82, 2.24) is 24.9 Å². The second kappa shape index (κ2) is 7.70. The van der Waals surface area contributed by atoms with Crippen molar-refractivity contribution >= 4 is 11.4 Å². The van der Waals surface area contributed by atoms with E-state index in [4.69, 9.17) is 0 Å². The molecule has 0 saturated heterocycles. The van der Waals surface area contributed by atoms with Gasteiger partial charge in [-0.3, -0.25) is 9.88 Å². The molecule has 1 N–H and O–H groups in total. The van der Waals surface area contributed by atoms with E-state index >= 15 is 0 Å². The first kappa shape index (κ1) is 16.1. The molecule has 6 heteroatoms. The normalized spacial score (nSPS) is 11.0. The molecule has 0 atom stereocenters. The van der Waals surface area contributed by atoms with E-state index in [1.807, 2.05) is 47.3 Å². The topological polar surface area (TPSA) is 58.9 Å². The van der Waals surface area contributed by atoms with Gasteiger partial charge < -0.3 is 5.32 Å². The molecule has 0 spiro atoms. The van der Waals surface area contributed by atoms with Crippen LogP contribution in [0.3, 0.4) is 0 Å². The van der Waals surface area contributed by atoms with Crippen molar-refractivity contribution in [2.24, 2.45) is 0 Å². The van der Waals surface area contributed by atoms with Crippen LogP contribution in [0.2, 0.25) is 0 Å². The summed E-state index contributed by atoms with van der Waals surface area (Å²) in [6, 6.07) is 12.0. The van der Waals surface area contributed by atoms with Gasteiger partial charge in [0.2, 0.25) is 0 Å². The molecule has 6 nitrogen and oxygen atoms in total. The van der Waals surface area contributed by atoms with Gasteiger partial charge in [0.15, 0.2) is 0 Å². The Bertz CT molecular complexity index is 747. The number of pyridine rings is 1. The maximum atomic E-state index is 4.27. The predicted molar refractivity (Wildman–Crippen MR) is 95.5 cm³/mol. The molecule has 0 aliphatic carbocycles. The van der Waals surface area contributed by atoms with Crippen molar-refractivity contribution in [1.29, 1.82) is 0 Å². The number of benzene rings is 1. The predicted octanol–water partition coefficient (Wildman–Crippen LogP) is 3.25. The largest absolute Gasteiger partial charge is 0.354 e. The first-order valence-corrected chi connectivity index (χ1v) is 8.19. The third-order valence-electron chi connectivity index (χ3n) is 3.90. The van der Waals surface area contributed by atoms with Gasteiger partial charge in [0.25, 0.3) is 0 Å². The third-order valence-corrected chi connectivity index (χ3v) is 3.90. The lowest BCUT2D eigenvalue weighted by atomic mass is 10.2. The summed E-state index contributed by atoms with van der Waals surface area (Å²) in [5.74, 6) is 0. The highest BCUT2D eigenvalue weighted by Gasteiger charge is 2.06. The number of anilines is 2. The van der Waals surface area contributed by atoms with Gasteiger partial charge in [0.05, 0.1) is 29.5 Å². The van der Waals surface area contributed by atoms with Gasteiger partial charge in [-0.15, -0.1) is 5.10 Å². The van der Waals surface area contributed by atoms with E-state index in [1.165, 1.54) is 0 Å². The number of hydrogen-bond donors (Lipinski definition) is 1. The van der Waals surface area contributed by atoms with E-state index < -0.39 is 0 Å². The summed E-state index contributed by atoms with van der Waals surface area (Å²) in [5.41, 5.74) is 3.95. The molecule has 1 aromatic carbocycles. The van der Waals surface area contributed by atoms with Crippen LogP contribution in [0.5, 0.6) is 0 Å². The highest BCUT2D eigenvalue weighted by atomic mass is 15.4. The van der Waals surface area contributed by atoms with Crippen molar-refractivity contribution in [2.45, 2.75) is 20.4 Å². The van der Waals surface area contributed by atoms with Gasteiger partial charge in [0, 0.05) is 18.4 Å². The summed E-state index contributed by atoms with van der Waals surface area (Å²) in [7, 11) is 0. The van der Waals surface area contributed by atoms with Crippen molar-refractivity contribution in [2.75, 3.05) is 18.4 Å². The zero-order valence-electron chi connectivity index (χ0n) is 14.1. The van der Waals surface area contributed by atoms with E-state index in [-0.39, 0.29) is 0 Å². The Morgan fingerprint density at radius 3 is 2.50 bits per heavy atom. The maximum absolute atomic E-state index is 4.27. The Balaban J connectivity index is 1.68. The van der Waals surface area contributed by atoms with Crippen molar-refractivity contribution in [3.05, 3.63) is 60.7 Å². The fraction of sp³-hybridized carbons (Fsp3) is 0.278. The summed E-state index contributed by atoms with van der Waals surface area (Å²) in [5, 5.41) is 11.8. The van der Waals surface area contributed by atoms with Gasteiger partial charge in [0.1, 0.15) is 0 Å². The molecule has 24 heavy (non-hydrogen) atoms. The molecular formula is C18H22N6. The van der Waals surface area contributed by atoms with E-state index in [0.717, 1.165) is 42.4 Å². The second-order valence-electron chi connectivity index (χ2n) is 5.53. The van der Waals surface area contributed by atoms with Gasteiger partial charge >= 0.3 is 0 Å². The van der Waals surface area contributed by atoms with Crippen molar-refractivity contribution in [3.63, 3.8) is 0 Å². The number of rotatable bonds is 7. The third kappa shape index (κ3) is 3.97. The van der Waals surface area contributed by atoms with Gasteiger partial charge in [-0.25, -0.2) is 4.68 Å². The lowest BCUT2D eigenvalue weighted by Crippen LogP contribution is -2.22. The molecule has 0 bridgehead atoms. The Labute approximate surface area is 142 Å². The molecule has 0 fully saturated rings. The minimum Gasteiger partial charge on any atom is -0.354 e. The van der Waals surface area contributed by atoms with E-state index in [1.54, 1.807) is 12.4 Å². The molecular weight excluding hydrogens is 300 g/mol. The molecule has 0 unspecified atom stereocenters. The monoisotopic (exact) mass is 322 g/mol. The lowest BCUT2D eigenvalue weighted by Gasteiger charge is -2.15. The van der Waals surface area contributed by atoms with Crippen LogP contribution in [0, 0.1) is 0 Å². The summed E-state index contributed by atoms with van der Waals surface area (Å²) in [6.07, 6.45) is 5.54. The maximum Gasteiger partial charge on any atom is 0.0971 e. The summed E-state index contributed by atoms with van der Waals surface area (Å²) >= 11 is 0. The van der Waals surface area contributed by atoms with Crippen LogP contribution in [0.1, 0.15) is 19.5 Å². The molecule has 3 rings (SSSR count). The van der Waals surface area contributed by atoms with Gasteiger partial charge in [-0.1, -0.05) is 19.1 Å². The van der Waals surface area contributed by atoms with Gasteiger partial charge in [-0.2, -0.15) is 0 Å². The van der Waals surface area contributed by atoms with E-state index in [9.17, 15) is 0 Å². The molecule has 0 radical (unpaired) electrons. The fourth-order valence-corrected chi connectivity index (χ4v) is 2.47. The molecule has 0 amide bonds. The quantitative estimate of drug-likeness (QED) is 0.723. The summed E-state index contributed by atoms with van der Waals surface area (Å²) in [4.78, 5) is 6.41. The average Bonchev–Trinajstić information content (AvgIpc) is 3.10. The average molecular weight is 322 g/mol. The minimum atomic E-state index is 0.827. The molecule has 2 aromatic heterocycles. The Hall–Kier alpha value is -2.73. The van der Waals surface area contributed by atoms with Crippen molar-refractivity contribution in [3.8, 4) is 5.69 Å². The zero-order valence-corrected chi connectivity index (χ0v) is 14.1. The van der Waals surface area contributed by atoms with Crippen LogP contribution in [-0.4, -0.2) is 38.0 Å². The SMILES string of the molecule is CCN(CC)Cc1cn(-c2ccc(Nc3cccnc3)cc2)nn1. The summed E-state index contributed by atoms with van der Waals surface area (Å²) in [6.45, 7) is 7.16. The second-order valence-corrected chi connectivity index (χ2v) is 5.53. The van der Waals surface area contributed by atoms with Crippen molar-refractivity contribution < 1.29 is 0 Å². The fourth-order valence-electron chi connectivity index (χ4n) is 2.47. The number of hydrogen-bond acceptors (Lipinski definition) is 5. The van der Waals surface area contributed by atoms with Gasteiger partial charge in [-0.05, 0) is 49.5 Å². The highest BCUT2D eigenvalue weighted by molar-refractivity contribution is 5.59. The molecule has 3 aromatic rings. The Kier molecular flexibility index (Phi) is 5.18. The number of nitrogens with one attached hydrogen (secondary N) is 1.